The maximum absolute atomic E-state index is 12.8. The van der Waals surface area contributed by atoms with Gasteiger partial charge in [0.05, 0.1) is 27.7 Å². The minimum Gasteiger partial charge on any atom is -0.462 e. The monoisotopic (exact) mass is 1040 g/mol. The maximum Gasteiger partial charge on any atom is 0.472 e. The van der Waals surface area contributed by atoms with Crippen molar-refractivity contribution in [1.82, 2.24) is 0 Å². The number of ether oxygens (including phenoxy) is 2. The van der Waals surface area contributed by atoms with Crippen LogP contribution in [0.4, 0.5) is 0 Å². The van der Waals surface area contributed by atoms with Crippen molar-refractivity contribution in [1.29, 1.82) is 0 Å². The third-order valence-corrected chi connectivity index (χ3v) is 15.0. The number of rotatable bonds is 58. The summed E-state index contributed by atoms with van der Waals surface area (Å²) in [7, 11) is 1.50. The van der Waals surface area contributed by atoms with Gasteiger partial charge in [-0.2, -0.15) is 0 Å². The van der Waals surface area contributed by atoms with Crippen molar-refractivity contribution >= 4 is 19.8 Å². The summed E-state index contributed by atoms with van der Waals surface area (Å²) in [6, 6.07) is 0. The summed E-state index contributed by atoms with van der Waals surface area (Å²) in [4.78, 5) is 35.7. The molecule has 10 heteroatoms. The van der Waals surface area contributed by atoms with Crippen LogP contribution in [0.25, 0.3) is 0 Å². The van der Waals surface area contributed by atoms with Crippen molar-refractivity contribution in [3.63, 3.8) is 0 Å². The molecule has 1 N–H and O–H groups in total. The van der Waals surface area contributed by atoms with Gasteiger partial charge in [-0.05, 0) is 44.9 Å². The molecule has 0 saturated heterocycles. The van der Waals surface area contributed by atoms with Gasteiger partial charge in [-0.25, -0.2) is 4.57 Å². The number of quaternary nitrogens is 1. The van der Waals surface area contributed by atoms with Crippen LogP contribution in [0.15, 0.2) is 24.3 Å². The van der Waals surface area contributed by atoms with Gasteiger partial charge in [0.1, 0.15) is 19.8 Å². The Balaban J connectivity index is 3.97. The number of likely N-dealkylation sites (N-methyl/N-ethyl adjacent to an activating group) is 1. The van der Waals surface area contributed by atoms with E-state index in [1.807, 2.05) is 21.1 Å². The summed E-state index contributed by atoms with van der Waals surface area (Å²) in [5.74, 6) is -0.778. The molecule has 0 radical (unpaired) electrons. The van der Waals surface area contributed by atoms with Crippen molar-refractivity contribution < 1.29 is 42.1 Å². The van der Waals surface area contributed by atoms with Gasteiger partial charge < -0.3 is 18.9 Å². The number of hydrogen-bond acceptors (Lipinski definition) is 7. The van der Waals surface area contributed by atoms with E-state index in [4.69, 9.17) is 18.5 Å². The highest BCUT2D eigenvalue weighted by Crippen LogP contribution is 2.43. The van der Waals surface area contributed by atoms with Crippen molar-refractivity contribution in [3.05, 3.63) is 24.3 Å². The average molecular weight is 1040 g/mol. The highest BCUT2D eigenvalue weighted by Gasteiger charge is 2.27. The molecule has 0 heterocycles. The minimum absolute atomic E-state index is 0.0357. The molecule has 2 atom stereocenters. The number of nitrogens with zero attached hydrogens (tertiary/aromatic N) is 1. The normalized spacial score (nSPS) is 13.4. The third kappa shape index (κ3) is 57.8. The van der Waals surface area contributed by atoms with Crippen molar-refractivity contribution in [2.45, 2.75) is 315 Å². The molecule has 0 aromatic heterocycles. The van der Waals surface area contributed by atoms with Gasteiger partial charge >= 0.3 is 19.8 Å². The zero-order valence-corrected chi connectivity index (χ0v) is 49.3. The fourth-order valence-electron chi connectivity index (χ4n) is 9.17. The Bertz CT molecular complexity index is 1270. The lowest BCUT2D eigenvalue weighted by Gasteiger charge is -2.24. The molecule has 0 aliphatic rings. The Kier molecular flexibility index (Phi) is 53.1. The van der Waals surface area contributed by atoms with Crippen LogP contribution < -0.4 is 0 Å². The molecule has 0 rings (SSSR count). The Labute approximate surface area is 447 Å². The molecule has 0 saturated carbocycles. The molecule has 0 fully saturated rings. The Hall–Kier alpha value is -1.51. The van der Waals surface area contributed by atoms with Crippen LogP contribution >= 0.6 is 7.82 Å². The van der Waals surface area contributed by atoms with Gasteiger partial charge in [0.2, 0.25) is 0 Å². The maximum atomic E-state index is 12.8. The molecule has 0 aromatic rings. The topological polar surface area (TPSA) is 108 Å². The lowest BCUT2D eigenvalue weighted by molar-refractivity contribution is -0.870. The minimum atomic E-state index is -4.38. The number of carbonyl (C=O) groups is 2. The van der Waals surface area contributed by atoms with E-state index >= 15 is 0 Å². The molecule has 72 heavy (non-hydrogen) atoms. The second kappa shape index (κ2) is 54.3. The number of allylic oxidation sites excluding steroid dienone is 4. The number of carbonyl (C=O) groups excluding carboxylic acids is 2. The van der Waals surface area contributed by atoms with Gasteiger partial charge in [0.25, 0.3) is 0 Å². The zero-order chi connectivity index (χ0) is 52.7. The van der Waals surface area contributed by atoms with Gasteiger partial charge in [0.15, 0.2) is 6.10 Å². The quantitative estimate of drug-likeness (QED) is 0.0211. The molecule has 9 nitrogen and oxygen atoms in total. The molecule has 426 valence electrons. The van der Waals surface area contributed by atoms with E-state index in [0.717, 1.165) is 38.5 Å². The van der Waals surface area contributed by atoms with E-state index in [1.54, 1.807) is 0 Å². The van der Waals surface area contributed by atoms with Crippen LogP contribution in [0.1, 0.15) is 309 Å². The largest absolute Gasteiger partial charge is 0.472 e. The van der Waals surface area contributed by atoms with Gasteiger partial charge in [-0.15, -0.1) is 0 Å². The molecule has 0 aliphatic heterocycles. The zero-order valence-electron chi connectivity index (χ0n) is 48.4. The first kappa shape index (κ1) is 70.5. The van der Waals surface area contributed by atoms with Crippen molar-refractivity contribution in [2.24, 2.45) is 0 Å². The Morgan fingerprint density at radius 3 is 1.10 bits per heavy atom. The first-order valence-electron chi connectivity index (χ1n) is 31.1. The summed E-state index contributed by atoms with van der Waals surface area (Å²) < 4.78 is 34.6. The number of esters is 2. The SMILES string of the molecule is CCCCCCC/C=C\C/C=C\CCCCCCCCCCCCCCCCCCCCCCCC(=O)OC(COC(=O)CCCCCCCCCCCCCCCCC)COP(=O)(O)OCC[N+](C)(C)C. The van der Waals surface area contributed by atoms with E-state index < -0.39 is 26.5 Å². The molecule has 0 bridgehead atoms. The van der Waals surface area contributed by atoms with E-state index in [9.17, 15) is 19.0 Å². The Morgan fingerprint density at radius 2 is 0.750 bits per heavy atom. The molecule has 0 aliphatic carbocycles. The number of hydrogen-bond donors (Lipinski definition) is 1. The van der Waals surface area contributed by atoms with Crippen molar-refractivity contribution in [3.8, 4) is 0 Å². The highest BCUT2D eigenvalue weighted by atomic mass is 31.2. The second-order valence-corrected chi connectivity index (χ2v) is 23.9. The predicted molar refractivity (Wildman–Crippen MR) is 307 cm³/mol. The highest BCUT2D eigenvalue weighted by molar-refractivity contribution is 7.47. The summed E-state index contributed by atoms with van der Waals surface area (Å²) in [5.41, 5.74) is 0. The molecule has 0 amide bonds. The lowest BCUT2D eigenvalue weighted by Crippen LogP contribution is -2.37. The van der Waals surface area contributed by atoms with Gasteiger partial charge in [-0.1, -0.05) is 276 Å². The standard InChI is InChI=1S/C62H120NO8P/c1-6-8-10-12-14-16-18-20-22-23-24-25-26-27-28-29-30-31-32-33-34-35-36-37-38-39-41-43-45-47-49-51-53-55-62(65)71-60(59-70-72(66,67)69-57-56-63(3,4)5)58-68-61(64)54-52-50-48-46-44-42-40-21-19-17-15-13-11-9-7-2/h18,20,23-24,60H,6-17,19,21-22,25-59H2,1-5H3/p+1/b20-18-,24-23-. The average Bonchev–Trinajstić information content (AvgIpc) is 3.34. The molecule has 2 unspecified atom stereocenters. The first-order chi connectivity index (χ1) is 35.0. The first-order valence-corrected chi connectivity index (χ1v) is 32.6. The molecule has 0 aromatic carbocycles. The van der Waals surface area contributed by atoms with Crippen LogP contribution in [-0.4, -0.2) is 74.9 Å². The van der Waals surface area contributed by atoms with Crippen LogP contribution in [-0.2, 0) is 32.7 Å². The van der Waals surface area contributed by atoms with E-state index in [1.165, 1.54) is 238 Å². The summed E-state index contributed by atoms with van der Waals surface area (Å²) in [5, 5.41) is 0. The van der Waals surface area contributed by atoms with Crippen molar-refractivity contribution in [2.75, 3.05) is 47.5 Å². The van der Waals surface area contributed by atoms with Gasteiger partial charge in [0, 0.05) is 12.8 Å². The third-order valence-electron chi connectivity index (χ3n) is 14.0. The Morgan fingerprint density at radius 1 is 0.431 bits per heavy atom. The van der Waals surface area contributed by atoms with Crippen LogP contribution in [0.2, 0.25) is 0 Å². The van der Waals surface area contributed by atoms with E-state index in [-0.39, 0.29) is 25.6 Å². The van der Waals surface area contributed by atoms with E-state index in [2.05, 4.69) is 38.2 Å². The summed E-state index contributed by atoms with van der Waals surface area (Å²) in [6.07, 6.45) is 65.5. The van der Waals surface area contributed by atoms with Crippen LogP contribution in [0.5, 0.6) is 0 Å². The molecule has 0 spiro atoms. The number of unbranched alkanes of at least 4 members (excludes halogenated alkanes) is 40. The fraction of sp³-hybridized carbons (Fsp3) is 0.903. The number of phosphoric ester groups is 1. The molecular formula is C62H121NO8P+. The van der Waals surface area contributed by atoms with Crippen LogP contribution in [0, 0.1) is 0 Å². The summed E-state index contributed by atoms with van der Waals surface area (Å²) >= 11 is 0. The fourth-order valence-corrected chi connectivity index (χ4v) is 9.91. The van der Waals surface area contributed by atoms with E-state index in [0.29, 0.717) is 23.9 Å². The number of phosphoric acid groups is 1. The molecular weight excluding hydrogens is 918 g/mol. The second-order valence-electron chi connectivity index (χ2n) is 22.5. The lowest BCUT2D eigenvalue weighted by atomic mass is 10.0. The smallest absolute Gasteiger partial charge is 0.462 e. The van der Waals surface area contributed by atoms with Crippen LogP contribution in [0.3, 0.4) is 0 Å². The van der Waals surface area contributed by atoms with Gasteiger partial charge in [-0.3, -0.25) is 18.6 Å². The predicted octanol–water partition coefficient (Wildman–Crippen LogP) is 19.4. The summed E-state index contributed by atoms with van der Waals surface area (Å²) in [6.45, 7) is 4.48.